The molecule has 6 heteroatoms. The molecule has 0 N–H and O–H groups in total. The van der Waals surface area contributed by atoms with E-state index in [1.165, 1.54) is 5.82 Å². The maximum atomic E-state index is 12.8. The maximum absolute atomic E-state index is 12.8. The standard InChI is InChI=1S/C22H33N5O/c1-24(2)13-5-14-26-17-12-23-21(26)18-10-15-27(16-11-18)22(28)19-6-8-20(9-7-19)25(3)4/h6-9,12,17-18H,5,10-11,13-16H2,1-4H3. The van der Waals surface area contributed by atoms with E-state index in [2.05, 4.69) is 34.7 Å². The summed E-state index contributed by atoms with van der Waals surface area (Å²) in [5.74, 6) is 1.76. The Morgan fingerprint density at radius 1 is 1.11 bits per heavy atom. The van der Waals surface area contributed by atoms with E-state index in [1.807, 2.05) is 54.4 Å². The largest absolute Gasteiger partial charge is 0.378 e. The van der Waals surface area contributed by atoms with E-state index in [-0.39, 0.29) is 5.91 Å². The molecule has 1 aliphatic heterocycles. The number of amides is 1. The van der Waals surface area contributed by atoms with E-state index in [0.717, 1.165) is 56.7 Å². The minimum atomic E-state index is 0.137. The molecule has 2 heterocycles. The van der Waals surface area contributed by atoms with Gasteiger partial charge in [-0.05, 0) is 64.2 Å². The Balaban J connectivity index is 1.56. The highest BCUT2D eigenvalue weighted by molar-refractivity contribution is 5.94. The third-order valence-electron chi connectivity index (χ3n) is 5.53. The van der Waals surface area contributed by atoms with Gasteiger partial charge in [-0.2, -0.15) is 0 Å². The van der Waals surface area contributed by atoms with E-state index in [1.54, 1.807) is 0 Å². The summed E-state index contributed by atoms with van der Waals surface area (Å²) in [6.07, 6.45) is 7.08. The monoisotopic (exact) mass is 383 g/mol. The van der Waals surface area contributed by atoms with Crippen LogP contribution in [0.15, 0.2) is 36.7 Å². The summed E-state index contributed by atoms with van der Waals surface area (Å²) in [5.41, 5.74) is 1.88. The van der Waals surface area contributed by atoms with Crippen molar-refractivity contribution in [2.75, 3.05) is 52.7 Å². The smallest absolute Gasteiger partial charge is 0.253 e. The quantitative estimate of drug-likeness (QED) is 0.737. The second-order valence-electron chi connectivity index (χ2n) is 8.14. The summed E-state index contributed by atoms with van der Waals surface area (Å²) in [5, 5.41) is 0. The van der Waals surface area contributed by atoms with Crippen molar-refractivity contribution in [2.24, 2.45) is 0 Å². The van der Waals surface area contributed by atoms with Gasteiger partial charge < -0.3 is 19.3 Å². The molecule has 0 spiro atoms. The molecule has 1 fully saturated rings. The van der Waals surface area contributed by atoms with Gasteiger partial charge in [-0.3, -0.25) is 4.79 Å². The Labute approximate surface area is 168 Å². The van der Waals surface area contributed by atoms with Crippen LogP contribution in [-0.2, 0) is 6.54 Å². The molecule has 0 aliphatic carbocycles. The zero-order valence-electron chi connectivity index (χ0n) is 17.6. The van der Waals surface area contributed by atoms with Crippen molar-refractivity contribution in [3.63, 3.8) is 0 Å². The number of anilines is 1. The van der Waals surface area contributed by atoms with Gasteiger partial charge in [0.05, 0.1) is 0 Å². The molecule has 1 aromatic carbocycles. The third kappa shape index (κ3) is 4.93. The number of aryl methyl sites for hydroxylation is 1. The predicted octanol–water partition coefficient (Wildman–Crippen LogP) is 2.92. The topological polar surface area (TPSA) is 44.6 Å². The van der Waals surface area contributed by atoms with Gasteiger partial charge in [-0.15, -0.1) is 0 Å². The number of piperidine rings is 1. The average molecular weight is 384 g/mol. The Morgan fingerprint density at radius 2 is 1.79 bits per heavy atom. The molecule has 0 saturated carbocycles. The van der Waals surface area contributed by atoms with Crippen molar-refractivity contribution < 1.29 is 4.79 Å². The second kappa shape index (κ2) is 9.24. The van der Waals surface area contributed by atoms with Gasteiger partial charge >= 0.3 is 0 Å². The summed E-state index contributed by atoms with van der Waals surface area (Å²) in [4.78, 5) is 23.7. The van der Waals surface area contributed by atoms with Crippen LogP contribution in [0.1, 0.15) is 41.4 Å². The molecular weight excluding hydrogens is 350 g/mol. The lowest BCUT2D eigenvalue weighted by Crippen LogP contribution is -2.38. The van der Waals surface area contributed by atoms with E-state index in [9.17, 15) is 4.79 Å². The van der Waals surface area contributed by atoms with Crippen LogP contribution >= 0.6 is 0 Å². The molecule has 0 radical (unpaired) electrons. The highest BCUT2D eigenvalue weighted by Crippen LogP contribution is 2.28. The zero-order chi connectivity index (χ0) is 20.1. The van der Waals surface area contributed by atoms with Crippen LogP contribution in [0.5, 0.6) is 0 Å². The van der Waals surface area contributed by atoms with Gasteiger partial charge in [0.2, 0.25) is 0 Å². The number of imidazole rings is 1. The summed E-state index contributed by atoms with van der Waals surface area (Å²) in [6.45, 7) is 3.68. The number of carbonyl (C=O) groups is 1. The van der Waals surface area contributed by atoms with Gasteiger partial charge in [0.15, 0.2) is 0 Å². The van der Waals surface area contributed by atoms with Crippen LogP contribution in [0, 0.1) is 0 Å². The molecule has 0 bridgehead atoms. The van der Waals surface area contributed by atoms with Crippen LogP contribution in [0.2, 0.25) is 0 Å². The number of rotatable bonds is 7. The lowest BCUT2D eigenvalue weighted by Gasteiger charge is -2.32. The Bertz CT molecular complexity index is 757. The molecule has 1 amide bonds. The first-order chi connectivity index (χ1) is 13.5. The van der Waals surface area contributed by atoms with E-state index in [0.29, 0.717) is 5.92 Å². The first kappa shape index (κ1) is 20.4. The molecule has 1 aliphatic rings. The number of likely N-dealkylation sites (tertiary alicyclic amines) is 1. The normalized spacial score (nSPS) is 15.2. The first-order valence-electron chi connectivity index (χ1n) is 10.2. The fourth-order valence-electron chi connectivity index (χ4n) is 3.85. The number of nitrogens with zero attached hydrogens (tertiary/aromatic N) is 5. The third-order valence-corrected chi connectivity index (χ3v) is 5.53. The zero-order valence-corrected chi connectivity index (χ0v) is 17.6. The molecule has 1 saturated heterocycles. The Kier molecular flexibility index (Phi) is 6.73. The SMILES string of the molecule is CN(C)CCCn1ccnc1C1CCN(C(=O)c2ccc(N(C)C)cc2)CC1. The van der Waals surface area contributed by atoms with E-state index < -0.39 is 0 Å². The molecule has 6 nitrogen and oxygen atoms in total. The van der Waals surface area contributed by atoms with Gasteiger partial charge in [0.25, 0.3) is 5.91 Å². The van der Waals surface area contributed by atoms with Crippen LogP contribution < -0.4 is 4.90 Å². The summed E-state index contributed by atoms with van der Waals surface area (Å²) in [7, 11) is 8.23. The van der Waals surface area contributed by atoms with Crippen LogP contribution in [0.3, 0.4) is 0 Å². The number of aromatic nitrogens is 2. The molecule has 28 heavy (non-hydrogen) atoms. The van der Waals surface area contributed by atoms with Gasteiger partial charge in [0.1, 0.15) is 5.82 Å². The number of carbonyl (C=O) groups excluding carboxylic acids is 1. The summed E-state index contributed by atoms with van der Waals surface area (Å²) < 4.78 is 2.30. The number of benzene rings is 1. The van der Waals surface area contributed by atoms with Crippen LogP contribution in [0.25, 0.3) is 0 Å². The Hall–Kier alpha value is -2.34. The van der Waals surface area contributed by atoms with Gasteiger partial charge in [-0.1, -0.05) is 0 Å². The minimum absolute atomic E-state index is 0.137. The van der Waals surface area contributed by atoms with E-state index >= 15 is 0 Å². The van der Waals surface area contributed by atoms with Crippen molar-refractivity contribution in [1.29, 1.82) is 0 Å². The van der Waals surface area contributed by atoms with Crippen molar-refractivity contribution >= 4 is 11.6 Å². The Morgan fingerprint density at radius 3 is 2.39 bits per heavy atom. The van der Waals surface area contributed by atoms with Crippen molar-refractivity contribution in [2.45, 2.75) is 31.7 Å². The van der Waals surface area contributed by atoms with Crippen LogP contribution in [0.4, 0.5) is 5.69 Å². The van der Waals surface area contributed by atoms with Gasteiger partial charge in [-0.25, -0.2) is 4.98 Å². The molecular formula is C22H33N5O. The number of hydrogen-bond donors (Lipinski definition) is 0. The van der Waals surface area contributed by atoms with Crippen LogP contribution in [-0.4, -0.2) is 73.1 Å². The molecule has 1 aromatic heterocycles. The van der Waals surface area contributed by atoms with Gasteiger partial charge in [0, 0.05) is 63.3 Å². The average Bonchev–Trinajstić information content (AvgIpc) is 3.16. The molecule has 0 unspecified atom stereocenters. The predicted molar refractivity (Wildman–Crippen MR) is 114 cm³/mol. The summed E-state index contributed by atoms with van der Waals surface area (Å²) in [6, 6.07) is 7.87. The lowest BCUT2D eigenvalue weighted by atomic mass is 9.95. The van der Waals surface area contributed by atoms with Crippen molar-refractivity contribution in [3.8, 4) is 0 Å². The minimum Gasteiger partial charge on any atom is -0.378 e. The van der Waals surface area contributed by atoms with E-state index in [4.69, 9.17) is 0 Å². The first-order valence-corrected chi connectivity index (χ1v) is 10.2. The highest BCUT2D eigenvalue weighted by atomic mass is 16.2. The highest BCUT2D eigenvalue weighted by Gasteiger charge is 2.27. The van der Waals surface area contributed by atoms with Crippen molar-refractivity contribution in [3.05, 3.63) is 48.0 Å². The molecule has 152 valence electrons. The fraction of sp³-hybridized carbons (Fsp3) is 0.545. The lowest BCUT2D eigenvalue weighted by molar-refractivity contribution is 0.0710. The van der Waals surface area contributed by atoms with Crippen molar-refractivity contribution in [1.82, 2.24) is 19.4 Å². The molecule has 3 rings (SSSR count). The molecule has 0 atom stereocenters. The second-order valence-corrected chi connectivity index (χ2v) is 8.14. The fourth-order valence-corrected chi connectivity index (χ4v) is 3.85. The molecule has 2 aromatic rings. The summed E-state index contributed by atoms with van der Waals surface area (Å²) >= 11 is 0. The number of hydrogen-bond acceptors (Lipinski definition) is 4. The maximum Gasteiger partial charge on any atom is 0.253 e.